The highest BCUT2D eigenvalue weighted by molar-refractivity contribution is 7.99. The highest BCUT2D eigenvalue weighted by Crippen LogP contribution is 2.36. The molecule has 32 heavy (non-hydrogen) atoms. The summed E-state index contributed by atoms with van der Waals surface area (Å²) in [4.78, 5) is 21.7. The maximum absolute atomic E-state index is 13.1. The topological polar surface area (TPSA) is 80.5 Å². The molecule has 7 nitrogen and oxygen atoms in total. The lowest BCUT2D eigenvalue weighted by molar-refractivity contribution is -0.274. The molecule has 0 fully saturated rings. The van der Waals surface area contributed by atoms with Gasteiger partial charge in [0.1, 0.15) is 16.2 Å². The third kappa shape index (κ3) is 4.15. The average Bonchev–Trinajstić information content (AvgIpc) is 3.12. The average molecular weight is 461 g/mol. The minimum atomic E-state index is -4.85. The number of thioether (sulfide) groups is 1. The molecule has 4 rings (SSSR count). The molecule has 0 aliphatic carbocycles. The summed E-state index contributed by atoms with van der Waals surface area (Å²) < 4.78 is 44.2. The number of aromatic nitrogens is 3. The van der Waals surface area contributed by atoms with Gasteiger partial charge in [-0.25, -0.2) is 4.98 Å². The van der Waals surface area contributed by atoms with Gasteiger partial charge in [-0.3, -0.25) is 14.2 Å². The number of fused-ring (bicyclic) bond motifs is 2. The van der Waals surface area contributed by atoms with Crippen LogP contribution in [0.4, 0.5) is 24.5 Å². The second-order valence-corrected chi connectivity index (χ2v) is 7.83. The van der Waals surface area contributed by atoms with Gasteiger partial charge in [0.15, 0.2) is 11.4 Å². The van der Waals surface area contributed by atoms with Crippen molar-refractivity contribution in [3.63, 3.8) is 0 Å². The first-order valence-corrected chi connectivity index (χ1v) is 10.6. The SMILES string of the molecule is CCSc1c(C(=O)Nc2cnc3c(OC(F)(F)F)cccc3c2NC)nc2ccccn12. The molecule has 3 heterocycles. The molecule has 0 aliphatic heterocycles. The van der Waals surface area contributed by atoms with Gasteiger partial charge >= 0.3 is 6.36 Å². The molecule has 2 N–H and O–H groups in total. The molecule has 0 bridgehead atoms. The van der Waals surface area contributed by atoms with Gasteiger partial charge < -0.3 is 15.4 Å². The summed E-state index contributed by atoms with van der Waals surface area (Å²) in [5.74, 6) is -0.138. The first-order valence-electron chi connectivity index (χ1n) is 9.59. The van der Waals surface area contributed by atoms with E-state index in [-0.39, 0.29) is 11.2 Å². The Hall–Kier alpha value is -3.47. The van der Waals surface area contributed by atoms with E-state index in [0.717, 1.165) is 5.75 Å². The van der Waals surface area contributed by atoms with Crippen LogP contribution < -0.4 is 15.4 Å². The summed E-state index contributed by atoms with van der Waals surface area (Å²) in [5.41, 5.74) is 1.61. The largest absolute Gasteiger partial charge is 0.573 e. The molecule has 1 amide bonds. The van der Waals surface area contributed by atoms with Crippen molar-refractivity contribution >= 4 is 45.6 Å². The van der Waals surface area contributed by atoms with Crippen molar-refractivity contribution in [2.24, 2.45) is 0 Å². The molecule has 3 aromatic heterocycles. The lowest BCUT2D eigenvalue weighted by atomic mass is 10.1. The van der Waals surface area contributed by atoms with Crippen molar-refractivity contribution < 1.29 is 22.7 Å². The summed E-state index contributed by atoms with van der Waals surface area (Å²) in [5, 5.41) is 6.77. The van der Waals surface area contributed by atoms with E-state index in [1.165, 1.54) is 30.1 Å². The van der Waals surface area contributed by atoms with Crippen LogP contribution in [0.25, 0.3) is 16.6 Å². The van der Waals surface area contributed by atoms with Crippen LogP contribution in [-0.4, -0.2) is 39.4 Å². The van der Waals surface area contributed by atoms with Crippen LogP contribution in [0.1, 0.15) is 17.4 Å². The Morgan fingerprint density at radius 1 is 1.22 bits per heavy atom. The number of hydrogen-bond acceptors (Lipinski definition) is 6. The van der Waals surface area contributed by atoms with E-state index in [0.29, 0.717) is 27.4 Å². The Kier molecular flexibility index (Phi) is 5.83. The minimum Gasteiger partial charge on any atom is -0.403 e. The van der Waals surface area contributed by atoms with Gasteiger partial charge in [0.05, 0.1) is 17.6 Å². The monoisotopic (exact) mass is 461 g/mol. The quantitative estimate of drug-likeness (QED) is 0.385. The number of carbonyl (C=O) groups is 1. The summed E-state index contributed by atoms with van der Waals surface area (Å²) in [7, 11) is 1.60. The predicted molar refractivity (Wildman–Crippen MR) is 118 cm³/mol. The van der Waals surface area contributed by atoms with E-state index >= 15 is 0 Å². The maximum atomic E-state index is 13.1. The van der Waals surface area contributed by atoms with Gasteiger partial charge in [0.2, 0.25) is 0 Å². The molecule has 166 valence electrons. The summed E-state index contributed by atoms with van der Waals surface area (Å²) in [6.45, 7) is 1.97. The number of nitrogens with one attached hydrogen (secondary N) is 2. The van der Waals surface area contributed by atoms with Crippen LogP contribution >= 0.6 is 11.8 Å². The molecular formula is C21H18F3N5O2S. The molecule has 0 radical (unpaired) electrons. The highest BCUT2D eigenvalue weighted by atomic mass is 32.2. The third-order valence-corrected chi connectivity index (χ3v) is 5.52. The second kappa shape index (κ2) is 8.58. The van der Waals surface area contributed by atoms with Crippen LogP contribution in [0.3, 0.4) is 0 Å². The number of hydrogen-bond donors (Lipinski definition) is 2. The van der Waals surface area contributed by atoms with Crippen LogP contribution in [0.2, 0.25) is 0 Å². The smallest absolute Gasteiger partial charge is 0.403 e. The molecule has 4 aromatic rings. The van der Waals surface area contributed by atoms with Crippen molar-refractivity contribution in [3.8, 4) is 5.75 Å². The van der Waals surface area contributed by atoms with E-state index in [9.17, 15) is 18.0 Å². The minimum absolute atomic E-state index is 0.0159. The predicted octanol–water partition coefficient (Wildman–Crippen LogP) is 5.19. The number of alkyl halides is 3. The second-order valence-electron chi connectivity index (χ2n) is 6.58. The fraction of sp³-hybridized carbons (Fsp3) is 0.190. The van der Waals surface area contributed by atoms with Crippen LogP contribution in [-0.2, 0) is 0 Å². The number of amides is 1. The van der Waals surface area contributed by atoms with Gasteiger partial charge in [-0.05, 0) is 24.0 Å². The van der Waals surface area contributed by atoms with E-state index in [1.54, 1.807) is 19.2 Å². The van der Waals surface area contributed by atoms with Crippen LogP contribution in [0.15, 0.2) is 53.8 Å². The number of rotatable bonds is 6. The molecule has 0 unspecified atom stereocenters. The van der Waals surface area contributed by atoms with Crippen molar-refractivity contribution in [1.82, 2.24) is 14.4 Å². The Balaban J connectivity index is 1.74. The lowest BCUT2D eigenvalue weighted by Crippen LogP contribution is -2.18. The molecule has 0 saturated heterocycles. The zero-order valence-electron chi connectivity index (χ0n) is 17.0. The van der Waals surface area contributed by atoms with Crippen molar-refractivity contribution in [3.05, 3.63) is 54.5 Å². The van der Waals surface area contributed by atoms with E-state index < -0.39 is 18.0 Å². The highest BCUT2D eigenvalue weighted by Gasteiger charge is 2.32. The third-order valence-electron chi connectivity index (χ3n) is 4.57. The Morgan fingerprint density at radius 2 is 2.03 bits per heavy atom. The number of imidazole rings is 1. The number of carbonyl (C=O) groups excluding carboxylic acids is 1. The number of nitrogens with zero attached hydrogens (tertiary/aromatic N) is 3. The summed E-state index contributed by atoms with van der Waals surface area (Å²) in [6, 6.07) is 9.69. The van der Waals surface area contributed by atoms with Crippen LogP contribution in [0.5, 0.6) is 5.75 Å². The van der Waals surface area contributed by atoms with Crippen molar-refractivity contribution in [2.75, 3.05) is 23.4 Å². The Labute approximate surface area is 185 Å². The summed E-state index contributed by atoms with van der Waals surface area (Å²) >= 11 is 1.48. The van der Waals surface area contributed by atoms with E-state index in [1.807, 2.05) is 29.7 Å². The molecule has 0 atom stereocenters. The van der Waals surface area contributed by atoms with Gasteiger partial charge in [0.25, 0.3) is 5.91 Å². The molecule has 0 aliphatic rings. The molecule has 11 heteroatoms. The molecule has 0 spiro atoms. The summed E-state index contributed by atoms with van der Waals surface area (Å²) in [6.07, 6.45) is -1.73. The van der Waals surface area contributed by atoms with Gasteiger partial charge in [0, 0.05) is 18.6 Å². The van der Waals surface area contributed by atoms with Gasteiger partial charge in [-0.1, -0.05) is 25.1 Å². The number of benzene rings is 1. The lowest BCUT2D eigenvalue weighted by Gasteiger charge is -2.15. The first kappa shape index (κ1) is 21.8. The fourth-order valence-corrected chi connectivity index (χ4v) is 4.19. The Bertz CT molecular complexity index is 1310. The van der Waals surface area contributed by atoms with E-state index in [4.69, 9.17) is 0 Å². The van der Waals surface area contributed by atoms with Crippen LogP contribution in [0, 0.1) is 0 Å². The normalized spacial score (nSPS) is 11.7. The first-order chi connectivity index (χ1) is 15.3. The number of anilines is 2. The number of halogens is 3. The number of para-hydroxylation sites is 1. The van der Waals surface area contributed by atoms with Gasteiger partial charge in [-0.2, -0.15) is 0 Å². The van der Waals surface area contributed by atoms with Gasteiger partial charge in [-0.15, -0.1) is 24.9 Å². The maximum Gasteiger partial charge on any atom is 0.573 e. The molecular weight excluding hydrogens is 443 g/mol. The molecule has 0 saturated carbocycles. The standard InChI is InChI=1S/C21H18F3N5O2S/c1-3-32-20-18(28-15-9-4-5-10-29(15)20)19(30)27-13-11-26-17-12(16(13)25-2)7-6-8-14(17)31-21(22,23)24/h4-11H,3H2,1-2H3,(H,25,26)(H,27,30). The fourth-order valence-electron chi connectivity index (χ4n) is 3.34. The Morgan fingerprint density at radius 3 is 2.75 bits per heavy atom. The number of pyridine rings is 2. The zero-order chi connectivity index (χ0) is 22.9. The number of ether oxygens (including phenoxy) is 1. The zero-order valence-corrected chi connectivity index (χ0v) is 17.8. The van der Waals surface area contributed by atoms with E-state index in [2.05, 4.69) is 25.3 Å². The molecule has 1 aromatic carbocycles. The van der Waals surface area contributed by atoms with Crippen molar-refractivity contribution in [2.45, 2.75) is 18.3 Å². The van der Waals surface area contributed by atoms with Crippen molar-refractivity contribution in [1.29, 1.82) is 0 Å².